The summed E-state index contributed by atoms with van der Waals surface area (Å²) in [5.74, 6) is 0.177. The number of hydrogen-bond acceptors (Lipinski definition) is 3. The molecule has 3 aromatic carbocycles. The first-order valence-electron chi connectivity index (χ1n) is 11.0. The van der Waals surface area contributed by atoms with Gasteiger partial charge in [-0.3, -0.25) is 4.79 Å². The lowest BCUT2D eigenvalue weighted by Crippen LogP contribution is -2.49. The van der Waals surface area contributed by atoms with E-state index in [4.69, 9.17) is 0 Å². The highest BCUT2D eigenvalue weighted by atomic mass is 79.9. The Labute approximate surface area is 202 Å². The molecule has 33 heavy (non-hydrogen) atoms. The van der Waals surface area contributed by atoms with Crippen LogP contribution in [0.4, 0.5) is 21.9 Å². The molecule has 0 bridgehead atoms. The molecule has 6 nitrogen and oxygen atoms in total. The topological polar surface area (TPSA) is 64.7 Å². The Balaban J connectivity index is 1.27. The van der Waals surface area contributed by atoms with Crippen molar-refractivity contribution in [2.24, 2.45) is 0 Å². The average Bonchev–Trinajstić information content (AvgIpc) is 2.81. The van der Waals surface area contributed by atoms with Crippen LogP contribution < -0.4 is 15.5 Å². The number of carbonyl (C=O) groups is 2. The van der Waals surface area contributed by atoms with Crippen molar-refractivity contribution in [3.63, 3.8) is 0 Å². The van der Waals surface area contributed by atoms with Crippen molar-refractivity contribution in [2.45, 2.75) is 13.3 Å². The largest absolute Gasteiger partial charge is 0.368 e. The van der Waals surface area contributed by atoms with Crippen LogP contribution in [0.25, 0.3) is 0 Å². The van der Waals surface area contributed by atoms with Crippen molar-refractivity contribution in [3.8, 4) is 0 Å². The summed E-state index contributed by atoms with van der Waals surface area (Å²) >= 11 is 3.42. The van der Waals surface area contributed by atoms with Gasteiger partial charge in [-0.1, -0.05) is 42.0 Å². The van der Waals surface area contributed by atoms with Gasteiger partial charge in [-0.15, -0.1) is 0 Å². The van der Waals surface area contributed by atoms with Crippen LogP contribution in [0.1, 0.15) is 11.1 Å². The number of anilines is 3. The molecular weight excluding hydrogens is 480 g/mol. The van der Waals surface area contributed by atoms with Crippen LogP contribution in [-0.2, 0) is 11.2 Å². The summed E-state index contributed by atoms with van der Waals surface area (Å²) in [4.78, 5) is 29.2. The molecule has 0 unspecified atom stereocenters. The Hall–Kier alpha value is -3.32. The van der Waals surface area contributed by atoms with E-state index in [2.05, 4.69) is 37.5 Å². The number of carbonyl (C=O) groups excluding carboxylic acids is 2. The van der Waals surface area contributed by atoms with Crippen molar-refractivity contribution >= 4 is 44.9 Å². The second-order valence-corrected chi connectivity index (χ2v) is 8.99. The van der Waals surface area contributed by atoms with Crippen LogP contribution in [0.5, 0.6) is 0 Å². The maximum absolute atomic E-state index is 12.7. The smallest absolute Gasteiger partial charge is 0.323 e. The number of aryl methyl sites for hydroxylation is 1. The second kappa shape index (κ2) is 10.5. The zero-order valence-corrected chi connectivity index (χ0v) is 20.1. The third kappa shape index (κ3) is 6.14. The number of para-hydroxylation sites is 1. The molecule has 0 saturated carbocycles. The van der Waals surface area contributed by atoms with E-state index in [0.29, 0.717) is 25.2 Å². The van der Waals surface area contributed by atoms with Gasteiger partial charge in [-0.2, -0.15) is 0 Å². The lowest BCUT2D eigenvalue weighted by atomic mass is 10.1. The van der Waals surface area contributed by atoms with E-state index in [1.165, 1.54) is 5.56 Å². The van der Waals surface area contributed by atoms with Crippen LogP contribution in [-0.4, -0.2) is 43.0 Å². The van der Waals surface area contributed by atoms with Crippen LogP contribution in [0.2, 0.25) is 0 Å². The number of halogens is 1. The number of hydrogen-bond donors (Lipinski definition) is 2. The molecule has 0 radical (unpaired) electrons. The molecule has 0 aliphatic carbocycles. The summed E-state index contributed by atoms with van der Waals surface area (Å²) in [7, 11) is 0. The van der Waals surface area contributed by atoms with E-state index in [1.807, 2.05) is 78.6 Å². The van der Waals surface area contributed by atoms with Gasteiger partial charge >= 0.3 is 6.03 Å². The molecule has 170 valence electrons. The number of nitrogens with zero attached hydrogens (tertiary/aromatic N) is 2. The molecule has 3 aromatic rings. The summed E-state index contributed by atoms with van der Waals surface area (Å²) in [5, 5.41) is 5.68. The van der Waals surface area contributed by atoms with Crippen molar-refractivity contribution in [3.05, 3.63) is 88.4 Å². The van der Waals surface area contributed by atoms with Crippen molar-refractivity contribution in [1.82, 2.24) is 4.90 Å². The summed E-state index contributed by atoms with van der Waals surface area (Å²) in [5.41, 5.74) is 4.75. The standard InChI is InChI=1S/C26H27BrN4O2/c1-19-5-4-6-20(17-19)18-25(32)31-15-13-30(14-16-31)22-11-9-21(10-12-22)28-26(33)29-24-8-3-2-7-23(24)27/h2-12,17H,13-16,18H2,1H3,(H2,28,29,33). The summed E-state index contributed by atoms with van der Waals surface area (Å²) in [6, 6.07) is 23.1. The fraction of sp³-hybridized carbons (Fsp3) is 0.231. The van der Waals surface area contributed by atoms with Crippen LogP contribution in [0.3, 0.4) is 0 Å². The van der Waals surface area contributed by atoms with Crippen molar-refractivity contribution < 1.29 is 9.59 Å². The number of benzene rings is 3. The lowest BCUT2D eigenvalue weighted by Gasteiger charge is -2.36. The first-order chi connectivity index (χ1) is 16.0. The van der Waals surface area contributed by atoms with Crippen molar-refractivity contribution in [1.29, 1.82) is 0 Å². The van der Waals surface area contributed by atoms with Gasteiger partial charge in [0.1, 0.15) is 0 Å². The van der Waals surface area contributed by atoms with Gasteiger partial charge in [0, 0.05) is 42.0 Å². The molecule has 1 aliphatic heterocycles. The minimum Gasteiger partial charge on any atom is -0.368 e. The lowest BCUT2D eigenvalue weighted by molar-refractivity contribution is -0.130. The highest BCUT2D eigenvalue weighted by Gasteiger charge is 2.21. The average molecular weight is 507 g/mol. The number of rotatable bonds is 5. The summed E-state index contributed by atoms with van der Waals surface area (Å²) in [6.07, 6.45) is 0.448. The second-order valence-electron chi connectivity index (χ2n) is 8.14. The monoisotopic (exact) mass is 506 g/mol. The van der Waals surface area contributed by atoms with Gasteiger partial charge in [0.2, 0.25) is 5.91 Å². The molecule has 0 aromatic heterocycles. The van der Waals surface area contributed by atoms with Crippen molar-refractivity contribution in [2.75, 3.05) is 41.7 Å². The third-order valence-electron chi connectivity index (χ3n) is 5.68. The minimum atomic E-state index is -0.296. The SMILES string of the molecule is Cc1cccc(CC(=O)N2CCN(c3ccc(NC(=O)Nc4ccccc4Br)cc3)CC2)c1. The fourth-order valence-electron chi connectivity index (χ4n) is 3.93. The van der Waals surface area contributed by atoms with Crippen LogP contribution in [0, 0.1) is 6.92 Å². The van der Waals surface area contributed by atoms with E-state index in [1.54, 1.807) is 0 Å². The molecule has 0 atom stereocenters. The zero-order valence-electron chi connectivity index (χ0n) is 18.6. The molecule has 1 heterocycles. The Morgan fingerprint density at radius 2 is 1.61 bits per heavy atom. The maximum Gasteiger partial charge on any atom is 0.323 e. The number of piperazine rings is 1. The van der Waals surface area contributed by atoms with E-state index in [9.17, 15) is 9.59 Å². The molecule has 7 heteroatoms. The third-order valence-corrected chi connectivity index (χ3v) is 6.37. The molecule has 2 N–H and O–H groups in total. The Morgan fingerprint density at radius 3 is 2.30 bits per heavy atom. The minimum absolute atomic E-state index is 0.177. The van der Waals surface area contributed by atoms with E-state index in [0.717, 1.165) is 34.5 Å². The molecule has 1 saturated heterocycles. The quantitative estimate of drug-likeness (QED) is 0.493. The first-order valence-corrected chi connectivity index (χ1v) is 11.8. The number of amides is 3. The highest BCUT2D eigenvalue weighted by Crippen LogP contribution is 2.23. The van der Waals surface area contributed by atoms with E-state index < -0.39 is 0 Å². The van der Waals surface area contributed by atoms with Gasteiger partial charge in [0.15, 0.2) is 0 Å². The highest BCUT2D eigenvalue weighted by molar-refractivity contribution is 9.10. The van der Waals surface area contributed by atoms with Crippen LogP contribution >= 0.6 is 15.9 Å². The molecule has 3 amide bonds. The molecule has 1 aliphatic rings. The Bertz CT molecular complexity index is 1130. The molecule has 4 rings (SSSR count). The molecule has 1 fully saturated rings. The van der Waals surface area contributed by atoms with Gasteiger partial charge in [-0.05, 0) is 64.8 Å². The normalized spacial score (nSPS) is 13.5. The summed E-state index contributed by atoms with van der Waals surface area (Å²) < 4.78 is 0.826. The summed E-state index contributed by atoms with van der Waals surface area (Å²) in [6.45, 7) is 5.03. The number of urea groups is 1. The van der Waals surface area contributed by atoms with E-state index >= 15 is 0 Å². The van der Waals surface area contributed by atoms with Gasteiger partial charge in [0.25, 0.3) is 0 Å². The van der Waals surface area contributed by atoms with Gasteiger partial charge < -0.3 is 20.4 Å². The number of nitrogens with one attached hydrogen (secondary N) is 2. The Morgan fingerprint density at radius 1 is 0.879 bits per heavy atom. The molecular formula is C26H27BrN4O2. The maximum atomic E-state index is 12.7. The first kappa shape index (κ1) is 22.9. The zero-order chi connectivity index (χ0) is 23.2. The van der Waals surface area contributed by atoms with Gasteiger partial charge in [-0.25, -0.2) is 4.79 Å². The molecule has 0 spiro atoms. The van der Waals surface area contributed by atoms with E-state index in [-0.39, 0.29) is 11.9 Å². The van der Waals surface area contributed by atoms with Gasteiger partial charge in [0.05, 0.1) is 12.1 Å². The predicted octanol–water partition coefficient (Wildman–Crippen LogP) is 5.29. The fourth-order valence-corrected chi connectivity index (χ4v) is 4.31. The predicted molar refractivity (Wildman–Crippen MR) is 137 cm³/mol. The van der Waals surface area contributed by atoms with Crippen LogP contribution in [0.15, 0.2) is 77.3 Å². The Kier molecular flexibility index (Phi) is 7.29.